The van der Waals surface area contributed by atoms with E-state index in [-0.39, 0.29) is 5.91 Å². The van der Waals surface area contributed by atoms with E-state index >= 15 is 0 Å². The van der Waals surface area contributed by atoms with Crippen LogP contribution in [0.25, 0.3) is 28.2 Å². The van der Waals surface area contributed by atoms with Gasteiger partial charge in [0.1, 0.15) is 5.69 Å². The van der Waals surface area contributed by atoms with Crippen molar-refractivity contribution in [3.8, 4) is 17.1 Å². The molecule has 0 bridgehead atoms. The first-order chi connectivity index (χ1) is 15.2. The number of aryl methyl sites for hydroxylation is 1. The Hall–Kier alpha value is -4.20. The molecular formula is C23H19N5O3. The van der Waals surface area contributed by atoms with Gasteiger partial charge in [0.2, 0.25) is 0 Å². The van der Waals surface area contributed by atoms with Gasteiger partial charge >= 0.3 is 0 Å². The van der Waals surface area contributed by atoms with E-state index < -0.39 is 0 Å². The number of nitrogens with zero attached hydrogens (tertiary/aromatic N) is 4. The number of hydrogen-bond donors (Lipinski definition) is 1. The molecule has 8 nitrogen and oxygen atoms in total. The van der Waals surface area contributed by atoms with Gasteiger partial charge in [0.25, 0.3) is 11.6 Å². The third kappa shape index (κ3) is 3.71. The van der Waals surface area contributed by atoms with Crippen LogP contribution >= 0.6 is 0 Å². The van der Waals surface area contributed by atoms with E-state index in [0.717, 1.165) is 11.3 Å². The molecule has 0 aliphatic carbocycles. The molecule has 0 radical (unpaired) electrons. The Morgan fingerprint density at radius 2 is 2.03 bits per heavy atom. The second kappa shape index (κ2) is 7.91. The molecule has 0 unspecified atom stereocenters. The maximum atomic E-state index is 13.0. The quantitative estimate of drug-likeness (QED) is 0.453. The molecule has 0 saturated carbocycles. The second-order valence-electron chi connectivity index (χ2n) is 7.12. The monoisotopic (exact) mass is 413 g/mol. The minimum Gasteiger partial charge on any atom is -0.463 e. The molecule has 0 atom stereocenters. The van der Waals surface area contributed by atoms with Gasteiger partial charge in [0.05, 0.1) is 34.8 Å². The van der Waals surface area contributed by atoms with Crippen LogP contribution in [0.1, 0.15) is 21.6 Å². The summed E-state index contributed by atoms with van der Waals surface area (Å²) < 4.78 is 12.5. The molecule has 1 amide bonds. The summed E-state index contributed by atoms with van der Waals surface area (Å²) in [5.41, 5.74) is 3.91. The predicted molar refractivity (Wildman–Crippen MR) is 114 cm³/mol. The predicted octanol–water partition coefficient (Wildman–Crippen LogP) is 3.95. The van der Waals surface area contributed by atoms with E-state index in [0.29, 0.717) is 46.8 Å². The first kappa shape index (κ1) is 18.8. The van der Waals surface area contributed by atoms with Crippen LogP contribution in [-0.4, -0.2) is 32.4 Å². The molecule has 31 heavy (non-hydrogen) atoms. The standard InChI is InChI=1S/C23H19N5O3/c1-15-21-18(12-19(20-8-5-11-30-20)26-23(21)31-27-15)22(29)24-10-9-16-13-25-28(14-16)17-6-3-2-4-7-17/h2-8,11-14H,9-10H2,1H3,(H,24,29). The fraction of sp³-hybridized carbons (Fsp3) is 0.130. The molecule has 5 rings (SSSR count). The Morgan fingerprint density at radius 1 is 1.16 bits per heavy atom. The number of pyridine rings is 1. The van der Waals surface area contributed by atoms with Gasteiger partial charge in [-0.15, -0.1) is 0 Å². The number of amides is 1. The smallest absolute Gasteiger partial charge is 0.259 e. The van der Waals surface area contributed by atoms with Crippen LogP contribution in [0, 0.1) is 6.92 Å². The van der Waals surface area contributed by atoms with Gasteiger partial charge in [0, 0.05) is 12.7 Å². The molecule has 0 aliphatic rings. The Bertz CT molecular complexity index is 1340. The van der Waals surface area contributed by atoms with E-state index in [1.807, 2.05) is 47.4 Å². The van der Waals surface area contributed by atoms with Crippen molar-refractivity contribution in [2.75, 3.05) is 6.54 Å². The topological polar surface area (TPSA) is 99.0 Å². The minimum atomic E-state index is -0.220. The lowest BCUT2D eigenvalue weighted by atomic mass is 10.1. The van der Waals surface area contributed by atoms with Crippen molar-refractivity contribution in [2.45, 2.75) is 13.3 Å². The van der Waals surface area contributed by atoms with Crippen LogP contribution in [-0.2, 0) is 6.42 Å². The number of fused-ring (bicyclic) bond motifs is 1. The Morgan fingerprint density at radius 3 is 2.84 bits per heavy atom. The van der Waals surface area contributed by atoms with Crippen molar-refractivity contribution in [1.82, 2.24) is 25.2 Å². The van der Waals surface area contributed by atoms with Gasteiger partial charge in [-0.25, -0.2) is 9.67 Å². The highest BCUT2D eigenvalue weighted by Gasteiger charge is 2.20. The van der Waals surface area contributed by atoms with Crippen molar-refractivity contribution in [3.05, 3.63) is 84.0 Å². The third-order valence-electron chi connectivity index (χ3n) is 4.99. The van der Waals surface area contributed by atoms with Crippen molar-refractivity contribution < 1.29 is 13.7 Å². The van der Waals surface area contributed by atoms with Gasteiger partial charge in [-0.2, -0.15) is 5.10 Å². The molecule has 1 aromatic carbocycles. The largest absolute Gasteiger partial charge is 0.463 e. The Labute approximate surface area is 177 Å². The summed E-state index contributed by atoms with van der Waals surface area (Å²) in [6, 6.07) is 15.1. The number of carbonyl (C=O) groups is 1. The highest BCUT2D eigenvalue weighted by atomic mass is 16.5. The zero-order valence-electron chi connectivity index (χ0n) is 16.8. The molecule has 5 aromatic rings. The maximum Gasteiger partial charge on any atom is 0.259 e. The Kier molecular flexibility index (Phi) is 4.80. The van der Waals surface area contributed by atoms with Gasteiger partial charge in [-0.3, -0.25) is 4.79 Å². The van der Waals surface area contributed by atoms with Crippen LogP contribution in [0.4, 0.5) is 0 Å². The molecule has 0 spiro atoms. The lowest BCUT2D eigenvalue weighted by Gasteiger charge is -2.07. The first-order valence-electron chi connectivity index (χ1n) is 9.87. The second-order valence-corrected chi connectivity index (χ2v) is 7.12. The molecule has 8 heteroatoms. The van der Waals surface area contributed by atoms with E-state index in [2.05, 4.69) is 20.6 Å². The number of hydrogen-bond acceptors (Lipinski definition) is 6. The highest BCUT2D eigenvalue weighted by Crippen LogP contribution is 2.27. The van der Waals surface area contributed by atoms with E-state index in [9.17, 15) is 4.79 Å². The summed E-state index contributed by atoms with van der Waals surface area (Å²) in [5, 5.41) is 11.9. The minimum absolute atomic E-state index is 0.220. The van der Waals surface area contributed by atoms with Gasteiger partial charge in [0.15, 0.2) is 5.76 Å². The lowest BCUT2D eigenvalue weighted by Crippen LogP contribution is -2.26. The molecular weight excluding hydrogens is 394 g/mol. The molecule has 0 saturated heterocycles. The van der Waals surface area contributed by atoms with E-state index in [4.69, 9.17) is 8.94 Å². The first-order valence-corrected chi connectivity index (χ1v) is 9.87. The number of carbonyl (C=O) groups excluding carboxylic acids is 1. The molecule has 0 fully saturated rings. The van der Waals surface area contributed by atoms with E-state index in [1.54, 1.807) is 31.4 Å². The average Bonchev–Trinajstić information content (AvgIpc) is 3.55. The van der Waals surface area contributed by atoms with E-state index in [1.165, 1.54) is 0 Å². The van der Waals surface area contributed by atoms with Crippen LogP contribution in [0.15, 0.2) is 76.1 Å². The fourth-order valence-corrected chi connectivity index (χ4v) is 3.45. The number of rotatable bonds is 6. The SMILES string of the molecule is Cc1noc2nc(-c3ccco3)cc(C(=O)NCCc3cnn(-c4ccccc4)c3)c12. The highest BCUT2D eigenvalue weighted by molar-refractivity contribution is 6.06. The van der Waals surface area contributed by atoms with Gasteiger partial charge < -0.3 is 14.3 Å². The number of aromatic nitrogens is 4. The number of benzene rings is 1. The van der Waals surface area contributed by atoms with Crippen LogP contribution < -0.4 is 5.32 Å². The van der Waals surface area contributed by atoms with Crippen molar-refractivity contribution >= 4 is 17.0 Å². The molecule has 4 aromatic heterocycles. The van der Waals surface area contributed by atoms with Gasteiger partial charge in [-0.1, -0.05) is 23.4 Å². The summed E-state index contributed by atoms with van der Waals surface area (Å²) in [6.45, 7) is 2.25. The zero-order chi connectivity index (χ0) is 21.2. The van der Waals surface area contributed by atoms with Crippen molar-refractivity contribution in [3.63, 3.8) is 0 Å². The molecule has 0 aliphatic heterocycles. The summed E-state index contributed by atoms with van der Waals surface area (Å²) in [4.78, 5) is 17.4. The number of para-hydroxylation sites is 1. The Balaban J connectivity index is 1.33. The third-order valence-corrected chi connectivity index (χ3v) is 4.99. The fourth-order valence-electron chi connectivity index (χ4n) is 3.45. The maximum absolute atomic E-state index is 13.0. The van der Waals surface area contributed by atoms with Gasteiger partial charge in [-0.05, 0) is 49.2 Å². The summed E-state index contributed by atoms with van der Waals surface area (Å²) in [5.74, 6) is 0.334. The number of furan rings is 1. The van der Waals surface area contributed by atoms with Crippen LogP contribution in [0.2, 0.25) is 0 Å². The number of nitrogens with one attached hydrogen (secondary N) is 1. The lowest BCUT2D eigenvalue weighted by molar-refractivity contribution is 0.0955. The normalized spacial score (nSPS) is 11.1. The van der Waals surface area contributed by atoms with Crippen molar-refractivity contribution in [1.29, 1.82) is 0 Å². The summed E-state index contributed by atoms with van der Waals surface area (Å²) in [7, 11) is 0. The van der Waals surface area contributed by atoms with Crippen LogP contribution in [0.3, 0.4) is 0 Å². The summed E-state index contributed by atoms with van der Waals surface area (Å²) >= 11 is 0. The van der Waals surface area contributed by atoms with Crippen molar-refractivity contribution in [2.24, 2.45) is 0 Å². The molecule has 1 N–H and O–H groups in total. The van der Waals surface area contributed by atoms with Crippen LogP contribution in [0.5, 0.6) is 0 Å². The average molecular weight is 413 g/mol. The summed E-state index contributed by atoms with van der Waals surface area (Å²) in [6.07, 6.45) is 5.98. The molecule has 4 heterocycles. The zero-order valence-corrected chi connectivity index (χ0v) is 16.8. The molecule has 154 valence electrons.